The predicted octanol–water partition coefficient (Wildman–Crippen LogP) is 20.3. The van der Waals surface area contributed by atoms with Gasteiger partial charge in [0, 0.05) is 5.02 Å². The van der Waals surface area contributed by atoms with Crippen LogP contribution in [0.5, 0.6) is 23.0 Å². The van der Waals surface area contributed by atoms with E-state index >= 15 is 0 Å². The predicted molar refractivity (Wildman–Crippen MR) is 340 cm³/mol. The molecule has 0 aliphatic heterocycles. The summed E-state index contributed by atoms with van der Waals surface area (Å²) in [5, 5.41) is 9.18. The molecular formula is C73H86ClF2NO4. The molecule has 0 saturated heterocycles. The van der Waals surface area contributed by atoms with Crippen molar-refractivity contribution in [3.05, 3.63) is 296 Å². The van der Waals surface area contributed by atoms with E-state index in [1.54, 1.807) is 32.4 Å². The fourth-order valence-electron chi connectivity index (χ4n) is 6.46. The molecular weight excluding hydrogens is 1030 g/mol. The number of halogens is 3. The van der Waals surface area contributed by atoms with Crippen LogP contribution >= 0.6 is 11.6 Å². The van der Waals surface area contributed by atoms with E-state index in [0.29, 0.717) is 5.75 Å². The smallest absolute Gasteiger partial charge is 0.165 e. The van der Waals surface area contributed by atoms with Gasteiger partial charge in [-0.2, -0.15) is 5.26 Å². The number of ether oxygens (including phenoxy) is 4. The van der Waals surface area contributed by atoms with E-state index in [4.69, 9.17) is 35.8 Å². The number of hydrogen-bond donors (Lipinski definition) is 0. The van der Waals surface area contributed by atoms with Crippen molar-refractivity contribution in [1.82, 2.24) is 0 Å². The van der Waals surface area contributed by atoms with Gasteiger partial charge in [0.05, 0.1) is 39.6 Å². The van der Waals surface area contributed by atoms with Gasteiger partial charge >= 0.3 is 0 Å². The Hall–Kier alpha value is -8.18. The second-order valence-electron chi connectivity index (χ2n) is 18.6. The lowest BCUT2D eigenvalue weighted by molar-refractivity contribution is 0.340. The maximum absolute atomic E-state index is 12.7. The van der Waals surface area contributed by atoms with Crippen molar-refractivity contribution in [2.24, 2.45) is 0 Å². The largest absolute Gasteiger partial charge is 0.497 e. The van der Waals surface area contributed by atoms with Crippen LogP contribution < -0.4 is 18.9 Å². The summed E-state index contributed by atoms with van der Waals surface area (Å²) in [7, 11) is 4.82. The molecule has 0 bridgehead atoms. The third kappa shape index (κ3) is 34.4. The molecule has 9 rings (SSSR count). The van der Waals surface area contributed by atoms with Gasteiger partial charge in [0.2, 0.25) is 0 Å². The Morgan fingerprint density at radius 2 is 0.815 bits per heavy atom. The van der Waals surface area contributed by atoms with Crippen LogP contribution in [0.15, 0.2) is 212 Å². The third-order valence-corrected chi connectivity index (χ3v) is 11.8. The summed E-state index contributed by atoms with van der Waals surface area (Å²) in [5.41, 5.74) is 14.5. The number of methoxy groups -OCH3 is 3. The van der Waals surface area contributed by atoms with Crippen LogP contribution in [0.3, 0.4) is 0 Å². The van der Waals surface area contributed by atoms with Crippen LogP contribution in [0.2, 0.25) is 5.02 Å². The molecule has 428 valence electrons. The van der Waals surface area contributed by atoms with Crippen molar-refractivity contribution in [2.45, 2.75) is 95.9 Å². The maximum atomic E-state index is 12.7. The first-order chi connectivity index (χ1) is 38.8. The minimum absolute atomic E-state index is 0.171. The van der Waals surface area contributed by atoms with Gasteiger partial charge in [-0.15, -0.1) is 0 Å². The summed E-state index contributed by atoms with van der Waals surface area (Å²) in [6.07, 6.45) is 2.21. The first-order valence-corrected chi connectivity index (χ1v) is 27.4. The molecule has 0 aliphatic carbocycles. The highest BCUT2D eigenvalue weighted by molar-refractivity contribution is 6.30. The molecule has 0 spiro atoms. The molecule has 0 amide bonds. The second-order valence-corrected chi connectivity index (χ2v) is 19.0. The van der Waals surface area contributed by atoms with Gasteiger partial charge in [0.15, 0.2) is 11.6 Å². The highest BCUT2D eigenvalue weighted by atomic mass is 35.5. The van der Waals surface area contributed by atoms with Gasteiger partial charge in [-0.3, -0.25) is 0 Å². The molecule has 5 nitrogen and oxygen atoms in total. The molecule has 0 radical (unpaired) electrons. The summed E-state index contributed by atoms with van der Waals surface area (Å²) in [4.78, 5) is 0. The van der Waals surface area contributed by atoms with Crippen LogP contribution in [-0.4, -0.2) is 27.9 Å². The number of nitriles is 1. The van der Waals surface area contributed by atoms with Gasteiger partial charge in [-0.1, -0.05) is 192 Å². The van der Waals surface area contributed by atoms with Crippen LogP contribution in [0.4, 0.5) is 8.78 Å². The SMILES string of the molecule is CCOc1ccc(C)cc1.CCc1cc(OC)ccc1C.CCc1ccc(C)cc1.COc1ccc(C)cc1.COc1ccc(C)cc1F.Cc1ccc(C#N)cc1.Cc1ccc(Cl)cc1.Cc1ccc(F)cc1.Cc1ccccc1. The molecule has 0 aromatic heterocycles. The number of benzene rings is 9. The first kappa shape index (κ1) is 70.8. The lowest BCUT2D eigenvalue weighted by atomic mass is 10.1. The van der Waals surface area contributed by atoms with Crippen molar-refractivity contribution >= 4 is 11.6 Å². The normalized spacial score (nSPS) is 9.25. The van der Waals surface area contributed by atoms with E-state index in [1.807, 2.05) is 162 Å². The van der Waals surface area contributed by atoms with Crippen molar-refractivity contribution in [2.75, 3.05) is 27.9 Å². The lowest BCUT2D eigenvalue weighted by Gasteiger charge is -2.05. The van der Waals surface area contributed by atoms with Crippen LogP contribution in [0.25, 0.3) is 0 Å². The number of nitrogens with zero attached hydrogens (tertiary/aromatic N) is 1. The number of aryl methyl sites for hydroxylation is 11. The molecule has 81 heavy (non-hydrogen) atoms. The van der Waals surface area contributed by atoms with E-state index in [2.05, 4.69) is 103 Å². The molecule has 0 aliphatic rings. The summed E-state index contributed by atoms with van der Waals surface area (Å²) in [6.45, 7) is 25.3. The quantitative estimate of drug-likeness (QED) is 0.159. The molecule has 0 fully saturated rings. The highest BCUT2D eigenvalue weighted by Gasteiger charge is 2.00. The fraction of sp³-hybridized carbons (Fsp3) is 0.247. The van der Waals surface area contributed by atoms with Crippen LogP contribution in [0, 0.1) is 85.3 Å². The van der Waals surface area contributed by atoms with Gasteiger partial charge in [0.1, 0.15) is 23.1 Å². The van der Waals surface area contributed by atoms with E-state index in [1.165, 1.54) is 75.4 Å². The topological polar surface area (TPSA) is 60.7 Å². The van der Waals surface area contributed by atoms with Crippen molar-refractivity contribution in [3.63, 3.8) is 0 Å². The van der Waals surface area contributed by atoms with E-state index in [9.17, 15) is 8.78 Å². The molecule has 9 aromatic carbocycles. The Balaban J connectivity index is 0.000000457. The van der Waals surface area contributed by atoms with E-state index in [0.717, 1.165) is 58.4 Å². The number of hydrogen-bond acceptors (Lipinski definition) is 5. The molecule has 9 aromatic rings. The average molecular weight is 1110 g/mol. The molecule has 0 heterocycles. The lowest BCUT2D eigenvalue weighted by Crippen LogP contribution is -1.90. The van der Waals surface area contributed by atoms with Gasteiger partial charge in [-0.25, -0.2) is 8.78 Å². The Bertz CT molecular complexity index is 2920. The monoisotopic (exact) mass is 1110 g/mol. The summed E-state index contributed by atoms with van der Waals surface area (Å²) < 4.78 is 44.9. The summed E-state index contributed by atoms with van der Waals surface area (Å²) in [6, 6.07) is 69.7. The summed E-state index contributed by atoms with van der Waals surface area (Å²) in [5.74, 6) is 2.64. The van der Waals surface area contributed by atoms with Gasteiger partial charge < -0.3 is 18.9 Å². The molecule has 8 heteroatoms. The third-order valence-electron chi connectivity index (χ3n) is 11.5. The molecule has 0 atom stereocenters. The molecule has 0 saturated carbocycles. The zero-order valence-corrected chi connectivity index (χ0v) is 51.3. The van der Waals surface area contributed by atoms with Gasteiger partial charge in [0.25, 0.3) is 0 Å². The second kappa shape index (κ2) is 42.7. The Labute approximate surface area is 490 Å². The number of rotatable bonds is 7. The summed E-state index contributed by atoms with van der Waals surface area (Å²) >= 11 is 5.61. The van der Waals surface area contributed by atoms with Crippen LogP contribution in [-0.2, 0) is 12.8 Å². The maximum Gasteiger partial charge on any atom is 0.165 e. The minimum atomic E-state index is -0.303. The minimum Gasteiger partial charge on any atom is -0.497 e. The molecule has 0 N–H and O–H groups in total. The molecule has 0 unspecified atom stereocenters. The fourth-order valence-corrected chi connectivity index (χ4v) is 6.58. The Morgan fingerprint density at radius 1 is 0.407 bits per heavy atom. The van der Waals surface area contributed by atoms with Crippen LogP contribution in [0.1, 0.15) is 87.5 Å². The Morgan fingerprint density at radius 3 is 1.19 bits per heavy atom. The zero-order chi connectivity index (χ0) is 60.4. The standard InChI is InChI=1S/C10H14O.C9H12O.C9H12.C8H9FO.C8H7N.C8H10O.C7H7Cl.C7H7F.C7H8/c1-4-9-7-10(11-3)6-5-8(9)2;1-3-10-9-6-4-8(2)5-7-9;1-3-9-6-4-8(2)5-7-9;1-6-3-4-8(10-2)7(9)5-6;1-7-2-4-8(6-9)5-3-7;1-7-3-5-8(9-2)6-4-7;2*1-6-2-4-7(8)5-3-6;1-7-5-3-2-4-6-7/h5-7H,4H2,1-3H3;4-7H,3H2,1-2H3;4-7H,3H2,1-2H3;3-5H,1-2H3;2-5H,1H3;3-6H,1-2H3;2*2-5H,1H3;2-6H,1H3. The average Bonchev–Trinajstić information content (AvgIpc) is 3.48. The Kier molecular flexibility index (Phi) is 37.4. The first-order valence-electron chi connectivity index (χ1n) is 27.0. The van der Waals surface area contributed by atoms with E-state index < -0.39 is 0 Å². The zero-order valence-electron chi connectivity index (χ0n) is 50.5. The van der Waals surface area contributed by atoms with Crippen molar-refractivity contribution in [1.29, 1.82) is 5.26 Å². The highest BCUT2D eigenvalue weighted by Crippen LogP contribution is 2.18. The van der Waals surface area contributed by atoms with Gasteiger partial charge in [-0.05, 0) is 189 Å². The van der Waals surface area contributed by atoms with Crippen molar-refractivity contribution < 1.29 is 27.7 Å². The van der Waals surface area contributed by atoms with Crippen molar-refractivity contribution in [3.8, 4) is 29.1 Å². The van der Waals surface area contributed by atoms with E-state index in [-0.39, 0.29) is 11.6 Å².